The number of rotatable bonds is 4. The molecule has 0 radical (unpaired) electrons. The molecule has 1 unspecified atom stereocenters. The van der Waals surface area contributed by atoms with E-state index in [-0.39, 0.29) is 24.5 Å². The van der Waals surface area contributed by atoms with Crippen molar-refractivity contribution in [2.24, 2.45) is 5.92 Å². The molecule has 6 nitrogen and oxygen atoms in total. The Morgan fingerprint density at radius 1 is 1.19 bits per heavy atom. The van der Waals surface area contributed by atoms with Crippen LogP contribution in [0.2, 0.25) is 5.02 Å². The van der Waals surface area contributed by atoms with Crippen LogP contribution < -0.4 is 19.7 Å². The quantitative estimate of drug-likeness (QED) is 0.896. The van der Waals surface area contributed by atoms with Crippen LogP contribution >= 0.6 is 11.6 Å². The number of fused-ring (bicyclic) bond motifs is 1. The third-order valence-electron chi connectivity index (χ3n) is 4.54. The summed E-state index contributed by atoms with van der Waals surface area (Å²) >= 11 is 6.04. The van der Waals surface area contributed by atoms with E-state index >= 15 is 0 Å². The summed E-state index contributed by atoms with van der Waals surface area (Å²) in [6, 6.07) is 12.4. The molecule has 1 fully saturated rings. The fourth-order valence-electron chi connectivity index (χ4n) is 3.20. The van der Waals surface area contributed by atoms with Gasteiger partial charge >= 0.3 is 0 Å². The number of carbonyl (C=O) groups excluding carboxylic acids is 2. The third-order valence-corrected chi connectivity index (χ3v) is 4.87. The first-order chi connectivity index (χ1) is 12.6. The number of carbonyl (C=O) groups is 2. The molecule has 4 rings (SSSR count). The van der Waals surface area contributed by atoms with Crippen LogP contribution in [0.5, 0.6) is 11.5 Å². The van der Waals surface area contributed by atoms with Crippen LogP contribution in [0.15, 0.2) is 42.5 Å². The monoisotopic (exact) mass is 372 g/mol. The van der Waals surface area contributed by atoms with Crippen molar-refractivity contribution >= 4 is 29.1 Å². The number of halogens is 1. The minimum Gasteiger partial charge on any atom is -0.454 e. The van der Waals surface area contributed by atoms with E-state index in [2.05, 4.69) is 5.32 Å². The van der Waals surface area contributed by atoms with Crippen molar-refractivity contribution in [1.29, 1.82) is 0 Å². The first-order valence-corrected chi connectivity index (χ1v) is 8.72. The Bertz CT molecular complexity index is 870. The predicted octanol–water partition coefficient (Wildman–Crippen LogP) is 2.85. The maximum Gasteiger partial charge on any atom is 0.252 e. The molecule has 7 heteroatoms. The number of anilines is 1. The van der Waals surface area contributed by atoms with Crippen molar-refractivity contribution in [2.75, 3.05) is 24.8 Å². The van der Waals surface area contributed by atoms with Gasteiger partial charge in [0.05, 0.1) is 10.6 Å². The number of ether oxygens (including phenoxy) is 2. The van der Waals surface area contributed by atoms with Gasteiger partial charge in [0.15, 0.2) is 11.5 Å². The van der Waals surface area contributed by atoms with Crippen LogP contribution in [0.4, 0.5) is 5.69 Å². The maximum atomic E-state index is 12.4. The maximum absolute atomic E-state index is 12.4. The van der Waals surface area contributed by atoms with Crippen molar-refractivity contribution in [3.05, 3.63) is 53.1 Å². The highest BCUT2D eigenvalue weighted by Crippen LogP contribution is 2.37. The van der Waals surface area contributed by atoms with Crippen LogP contribution in [0.25, 0.3) is 0 Å². The molecule has 0 bridgehead atoms. The molecule has 2 amide bonds. The van der Waals surface area contributed by atoms with Gasteiger partial charge in [-0.25, -0.2) is 0 Å². The Kier molecular flexibility index (Phi) is 4.42. The Morgan fingerprint density at radius 3 is 2.85 bits per heavy atom. The lowest BCUT2D eigenvalue weighted by molar-refractivity contribution is -0.117. The van der Waals surface area contributed by atoms with Crippen LogP contribution in [0.1, 0.15) is 16.8 Å². The van der Waals surface area contributed by atoms with Gasteiger partial charge in [0.2, 0.25) is 12.7 Å². The molecule has 134 valence electrons. The molecule has 1 saturated heterocycles. The van der Waals surface area contributed by atoms with E-state index in [1.807, 2.05) is 12.1 Å². The van der Waals surface area contributed by atoms with Gasteiger partial charge in [-0.1, -0.05) is 23.7 Å². The summed E-state index contributed by atoms with van der Waals surface area (Å²) in [4.78, 5) is 26.3. The van der Waals surface area contributed by atoms with Crippen LogP contribution in [0, 0.1) is 5.92 Å². The lowest BCUT2D eigenvalue weighted by atomic mass is 10.1. The number of hydrogen-bond acceptors (Lipinski definition) is 4. The van der Waals surface area contributed by atoms with E-state index in [1.54, 1.807) is 35.2 Å². The fourth-order valence-corrected chi connectivity index (χ4v) is 3.42. The van der Waals surface area contributed by atoms with E-state index in [9.17, 15) is 9.59 Å². The van der Waals surface area contributed by atoms with Gasteiger partial charge in [-0.05, 0) is 24.3 Å². The standard InChI is InChI=1S/C19H17ClN2O4/c20-15-4-2-1-3-14(15)19(24)21-9-12-7-18(23)22(10-12)13-5-6-16-17(8-13)26-11-25-16/h1-6,8,12H,7,9-11H2,(H,21,24). The van der Waals surface area contributed by atoms with Gasteiger partial charge in [-0.15, -0.1) is 0 Å². The summed E-state index contributed by atoms with van der Waals surface area (Å²) < 4.78 is 10.7. The van der Waals surface area contributed by atoms with Crippen molar-refractivity contribution in [2.45, 2.75) is 6.42 Å². The van der Waals surface area contributed by atoms with Gasteiger partial charge in [0.1, 0.15) is 0 Å². The van der Waals surface area contributed by atoms with E-state index < -0.39 is 0 Å². The second kappa shape index (κ2) is 6.88. The molecule has 0 aromatic heterocycles. The number of nitrogens with one attached hydrogen (secondary N) is 1. The lowest BCUT2D eigenvalue weighted by Gasteiger charge is -2.17. The topological polar surface area (TPSA) is 67.9 Å². The second-order valence-electron chi connectivity index (χ2n) is 6.30. The summed E-state index contributed by atoms with van der Waals surface area (Å²) in [6.45, 7) is 1.15. The van der Waals surface area contributed by atoms with Crippen molar-refractivity contribution in [3.8, 4) is 11.5 Å². The zero-order valence-corrected chi connectivity index (χ0v) is 14.7. The molecule has 2 heterocycles. The minimum atomic E-state index is -0.232. The summed E-state index contributed by atoms with van der Waals surface area (Å²) in [7, 11) is 0. The van der Waals surface area contributed by atoms with Gasteiger partial charge in [0, 0.05) is 37.2 Å². The summed E-state index contributed by atoms with van der Waals surface area (Å²) in [5.74, 6) is 1.17. The largest absolute Gasteiger partial charge is 0.454 e. The molecule has 1 N–H and O–H groups in total. The zero-order valence-electron chi connectivity index (χ0n) is 13.9. The van der Waals surface area contributed by atoms with E-state index in [4.69, 9.17) is 21.1 Å². The van der Waals surface area contributed by atoms with E-state index in [1.165, 1.54) is 0 Å². The molecule has 0 aliphatic carbocycles. The Balaban J connectivity index is 1.39. The first kappa shape index (κ1) is 16.7. The number of amides is 2. The average Bonchev–Trinajstić information content (AvgIpc) is 3.25. The van der Waals surface area contributed by atoms with Gasteiger partial charge < -0.3 is 19.7 Å². The van der Waals surface area contributed by atoms with Crippen molar-refractivity contribution < 1.29 is 19.1 Å². The molecule has 2 aromatic carbocycles. The first-order valence-electron chi connectivity index (χ1n) is 8.34. The van der Waals surface area contributed by atoms with E-state index in [0.29, 0.717) is 41.6 Å². The lowest BCUT2D eigenvalue weighted by Crippen LogP contribution is -2.31. The number of hydrogen-bond donors (Lipinski definition) is 1. The molecule has 2 aliphatic rings. The molecule has 2 aliphatic heterocycles. The van der Waals surface area contributed by atoms with Crippen LogP contribution in [-0.4, -0.2) is 31.7 Å². The van der Waals surface area contributed by atoms with Crippen LogP contribution in [-0.2, 0) is 4.79 Å². The van der Waals surface area contributed by atoms with Gasteiger partial charge in [-0.2, -0.15) is 0 Å². The summed E-state index contributed by atoms with van der Waals surface area (Å²) in [5, 5.41) is 3.28. The number of nitrogens with zero attached hydrogens (tertiary/aromatic N) is 1. The highest BCUT2D eigenvalue weighted by Gasteiger charge is 2.31. The Hall–Kier alpha value is -2.73. The second-order valence-corrected chi connectivity index (χ2v) is 6.71. The average molecular weight is 373 g/mol. The predicted molar refractivity (Wildman–Crippen MR) is 96.8 cm³/mol. The fraction of sp³-hybridized carbons (Fsp3) is 0.263. The summed E-state index contributed by atoms with van der Waals surface area (Å²) in [5.41, 5.74) is 1.21. The Labute approximate surface area is 155 Å². The van der Waals surface area contributed by atoms with Crippen molar-refractivity contribution in [1.82, 2.24) is 5.32 Å². The number of benzene rings is 2. The Morgan fingerprint density at radius 2 is 2.00 bits per heavy atom. The highest BCUT2D eigenvalue weighted by atomic mass is 35.5. The molecular weight excluding hydrogens is 356 g/mol. The van der Waals surface area contributed by atoms with Crippen LogP contribution in [0.3, 0.4) is 0 Å². The SMILES string of the molecule is O=C(NCC1CC(=O)N(c2ccc3c(c2)OCO3)C1)c1ccccc1Cl. The summed E-state index contributed by atoms with van der Waals surface area (Å²) in [6.07, 6.45) is 0.386. The zero-order chi connectivity index (χ0) is 18.1. The molecule has 26 heavy (non-hydrogen) atoms. The normalized spacial score (nSPS) is 18.3. The van der Waals surface area contributed by atoms with Gasteiger partial charge in [0.25, 0.3) is 5.91 Å². The van der Waals surface area contributed by atoms with E-state index in [0.717, 1.165) is 5.69 Å². The molecule has 1 atom stereocenters. The van der Waals surface area contributed by atoms with Gasteiger partial charge in [-0.3, -0.25) is 9.59 Å². The molecular formula is C19H17ClN2O4. The van der Waals surface area contributed by atoms with Crippen molar-refractivity contribution in [3.63, 3.8) is 0 Å². The smallest absolute Gasteiger partial charge is 0.252 e. The molecule has 2 aromatic rings. The molecule has 0 spiro atoms. The third kappa shape index (κ3) is 3.20. The molecule has 0 saturated carbocycles. The minimum absolute atomic E-state index is 0.0286. The highest BCUT2D eigenvalue weighted by molar-refractivity contribution is 6.33.